The Bertz CT molecular complexity index is 1320. The molecule has 182 valence electrons. The van der Waals surface area contributed by atoms with Gasteiger partial charge < -0.3 is 14.2 Å². The van der Waals surface area contributed by atoms with E-state index < -0.39 is 11.9 Å². The molecule has 2 aromatic carbocycles. The minimum absolute atomic E-state index is 0.0248. The Labute approximate surface area is 208 Å². The molecule has 7 nitrogen and oxygen atoms in total. The molecule has 1 amide bonds. The average Bonchev–Trinajstić information content (AvgIpc) is 3.63. The summed E-state index contributed by atoms with van der Waals surface area (Å²) >= 11 is 0. The number of hydrogen-bond acceptors (Lipinski definition) is 6. The van der Waals surface area contributed by atoms with Crippen LogP contribution in [0.1, 0.15) is 58.2 Å². The minimum atomic E-state index is -0.443. The molecule has 4 bridgehead atoms. The van der Waals surface area contributed by atoms with Gasteiger partial charge in [-0.1, -0.05) is 54.6 Å². The fraction of sp³-hybridized carbons (Fsp3) is 0.345. The molecule has 3 aliphatic carbocycles. The SMILES string of the molecule is COC(=O)C1=C(C(=O)OC)[C@H]2[C@@H]1[C@H]1C[C@@H]2c2cc3c(cc21)[C@@H]1C=C[C@H]3N1C(=O)OCc1ccccc1. The van der Waals surface area contributed by atoms with E-state index in [0.717, 1.165) is 23.1 Å². The van der Waals surface area contributed by atoms with Gasteiger partial charge in [-0.3, -0.25) is 4.90 Å². The summed E-state index contributed by atoms with van der Waals surface area (Å²) in [6, 6.07) is 13.8. The summed E-state index contributed by atoms with van der Waals surface area (Å²) in [6.07, 6.45) is 4.70. The van der Waals surface area contributed by atoms with Crippen LogP contribution in [0, 0.1) is 11.8 Å². The molecular formula is C29H25NO6. The van der Waals surface area contributed by atoms with Crippen LogP contribution in [0.25, 0.3) is 0 Å². The van der Waals surface area contributed by atoms with E-state index in [0.29, 0.717) is 11.1 Å². The van der Waals surface area contributed by atoms with Crippen molar-refractivity contribution < 1.29 is 28.6 Å². The zero-order valence-electron chi connectivity index (χ0n) is 20.0. The molecule has 0 unspecified atom stereocenters. The molecule has 0 aromatic heterocycles. The third-order valence-corrected chi connectivity index (χ3v) is 8.75. The second-order valence-electron chi connectivity index (χ2n) is 10.1. The van der Waals surface area contributed by atoms with Gasteiger partial charge in [-0.15, -0.1) is 0 Å². The first kappa shape index (κ1) is 21.4. The molecule has 7 heteroatoms. The third-order valence-electron chi connectivity index (χ3n) is 8.75. The maximum absolute atomic E-state index is 13.1. The summed E-state index contributed by atoms with van der Waals surface area (Å²) < 4.78 is 15.7. The predicted molar refractivity (Wildman–Crippen MR) is 128 cm³/mol. The standard InChI is InChI=1S/C29H25NO6/c1-34-27(31)25-23-19-12-20(24(23)26(25)28(32)35-2)16-11-18-17(10-15(16)19)21-8-9-22(18)30(21)29(33)36-13-14-6-4-3-5-7-14/h3-11,19-24H,12-13H2,1-2H3/t19-,20+,21-,22+,23-,24+. The molecule has 6 atom stereocenters. The number of carbonyl (C=O) groups is 3. The predicted octanol–water partition coefficient (Wildman–Crippen LogP) is 4.46. The summed E-state index contributed by atoms with van der Waals surface area (Å²) in [5.74, 6) is -0.623. The Morgan fingerprint density at radius 1 is 0.806 bits per heavy atom. The summed E-state index contributed by atoms with van der Waals surface area (Å²) in [5, 5.41) is 0. The number of fused-ring (bicyclic) bond motifs is 13. The van der Waals surface area contributed by atoms with Crippen LogP contribution in [0.2, 0.25) is 0 Å². The number of ether oxygens (including phenoxy) is 3. The van der Waals surface area contributed by atoms with Crippen molar-refractivity contribution in [1.82, 2.24) is 4.90 Å². The van der Waals surface area contributed by atoms with Crippen molar-refractivity contribution >= 4 is 18.0 Å². The molecule has 2 heterocycles. The van der Waals surface area contributed by atoms with Crippen LogP contribution in [0.3, 0.4) is 0 Å². The van der Waals surface area contributed by atoms with Crippen LogP contribution in [0.4, 0.5) is 4.79 Å². The maximum atomic E-state index is 13.1. The van der Waals surface area contributed by atoms with Gasteiger partial charge in [0, 0.05) is 11.8 Å². The molecule has 1 saturated carbocycles. The number of methoxy groups -OCH3 is 2. The lowest BCUT2D eigenvalue weighted by Crippen LogP contribution is -2.42. The molecule has 0 radical (unpaired) electrons. The molecule has 0 saturated heterocycles. The normalized spacial score (nSPS) is 29.4. The van der Waals surface area contributed by atoms with Crippen molar-refractivity contribution in [3.8, 4) is 0 Å². The van der Waals surface area contributed by atoms with Crippen molar-refractivity contribution in [2.24, 2.45) is 11.8 Å². The highest BCUT2D eigenvalue weighted by molar-refractivity contribution is 6.05. The van der Waals surface area contributed by atoms with Gasteiger partial charge in [0.25, 0.3) is 0 Å². The number of benzene rings is 2. The van der Waals surface area contributed by atoms with E-state index in [4.69, 9.17) is 14.2 Å². The Morgan fingerprint density at radius 2 is 1.33 bits per heavy atom. The fourth-order valence-corrected chi connectivity index (χ4v) is 7.36. The number of amides is 1. The van der Waals surface area contributed by atoms with Gasteiger partial charge in [0.05, 0.1) is 37.4 Å². The number of carbonyl (C=O) groups excluding carboxylic acids is 3. The summed E-state index contributed by atoms with van der Waals surface area (Å²) in [6.45, 7) is 0.230. The lowest BCUT2D eigenvalue weighted by Gasteiger charge is -2.43. The highest BCUT2D eigenvalue weighted by Gasteiger charge is 2.63. The maximum Gasteiger partial charge on any atom is 0.411 e. The minimum Gasteiger partial charge on any atom is -0.466 e. The number of rotatable bonds is 4. The molecule has 5 aliphatic rings. The van der Waals surface area contributed by atoms with Crippen LogP contribution < -0.4 is 0 Å². The summed E-state index contributed by atoms with van der Waals surface area (Å²) in [4.78, 5) is 40.1. The molecule has 0 spiro atoms. The second kappa shape index (κ2) is 7.56. The molecule has 2 aromatic rings. The quantitative estimate of drug-likeness (QED) is 0.363. The largest absolute Gasteiger partial charge is 0.466 e. The van der Waals surface area contributed by atoms with E-state index >= 15 is 0 Å². The van der Waals surface area contributed by atoms with E-state index in [1.807, 2.05) is 30.3 Å². The van der Waals surface area contributed by atoms with Gasteiger partial charge in [-0.05, 0) is 46.1 Å². The van der Waals surface area contributed by atoms with Crippen molar-refractivity contribution in [3.63, 3.8) is 0 Å². The van der Waals surface area contributed by atoms with Crippen molar-refractivity contribution in [1.29, 1.82) is 0 Å². The smallest absolute Gasteiger partial charge is 0.411 e. The second-order valence-corrected chi connectivity index (χ2v) is 10.1. The van der Waals surface area contributed by atoms with Gasteiger partial charge in [-0.2, -0.15) is 0 Å². The lowest BCUT2D eigenvalue weighted by molar-refractivity contribution is -0.142. The zero-order chi connectivity index (χ0) is 24.7. The summed E-state index contributed by atoms with van der Waals surface area (Å²) in [5.41, 5.74) is 6.59. The molecule has 0 N–H and O–H groups in total. The molecule has 36 heavy (non-hydrogen) atoms. The topological polar surface area (TPSA) is 82.1 Å². The van der Waals surface area contributed by atoms with Gasteiger partial charge >= 0.3 is 18.0 Å². The Balaban J connectivity index is 1.19. The van der Waals surface area contributed by atoms with Crippen molar-refractivity contribution in [2.75, 3.05) is 14.2 Å². The van der Waals surface area contributed by atoms with Crippen LogP contribution in [-0.2, 0) is 30.4 Å². The van der Waals surface area contributed by atoms with Gasteiger partial charge in [0.15, 0.2) is 0 Å². The average molecular weight is 484 g/mol. The van der Waals surface area contributed by atoms with E-state index in [9.17, 15) is 14.4 Å². The zero-order valence-corrected chi connectivity index (χ0v) is 20.0. The number of nitrogens with zero attached hydrogens (tertiary/aromatic N) is 1. The van der Waals surface area contributed by atoms with E-state index in [1.54, 1.807) is 4.90 Å². The first-order valence-corrected chi connectivity index (χ1v) is 12.3. The number of esters is 2. The highest BCUT2D eigenvalue weighted by atomic mass is 16.6. The van der Waals surface area contributed by atoms with E-state index in [-0.39, 0.29) is 48.5 Å². The first-order chi connectivity index (χ1) is 17.5. The van der Waals surface area contributed by atoms with Gasteiger partial charge in [-0.25, -0.2) is 14.4 Å². The van der Waals surface area contributed by atoms with Crippen LogP contribution >= 0.6 is 0 Å². The van der Waals surface area contributed by atoms with E-state index in [1.165, 1.54) is 25.3 Å². The van der Waals surface area contributed by atoms with Crippen molar-refractivity contribution in [3.05, 3.63) is 93.6 Å². The molecule has 7 rings (SSSR count). The Hall–Kier alpha value is -3.87. The third kappa shape index (κ3) is 2.66. The van der Waals surface area contributed by atoms with Crippen LogP contribution in [-0.4, -0.2) is 37.2 Å². The number of hydrogen-bond donors (Lipinski definition) is 0. The lowest BCUT2D eigenvalue weighted by atomic mass is 9.59. The molecule has 2 aliphatic heterocycles. The Morgan fingerprint density at radius 3 is 1.83 bits per heavy atom. The monoisotopic (exact) mass is 483 g/mol. The van der Waals surface area contributed by atoms with E-state index in [2.05, 4.69) is 24.3 Å². The molecule has 1 fully saturated rings. The molecular weight excluding hydrogens is 458 g/mol. The Kier molecular flexibility index (Phi) is 4.50. The van der Waals surface area contributed by atoms with Crippen molar-refractivity contribution in [2.45, 2.75) is 36.9 Å². The fourth-order valence-electron chi connectivity index (χ4n) is 7.36. The summed E-state index contributed by atoms with van der Waals surface area (Å²) in [7, 11) is 2.69. The van der Waals surface area contributed by atoms with Gasteiger partial charge in [0.1, 0.15) is 6.61 Å². The van der Waals surface area contributed by atoms with Crippen LogP contribution in [0.15, 0.2) is 65.8 Å². The highest BCUT2D eigenvalue weighted by Crippen LogP contribution is 2.69. The first-order valence-electron chi connectivity index (χ1n) is 12.3. The van der Waals surface area contributed by atoms with Crippen LogP contribution in [0.5, 0.6) is 0 Å². The van der Waals surface area contributed by atoms with Gasteiger partial charge in [0.2, 0.25) is 0 Å².